The Balaban J connectivity index is 2.08. The molecule has 0 heterocycles. The molecule has 3 nitrogen and oxygen atoms in total. The molecule has 0 saturated carbocycles. The van der Waals surface area contributed by atoms with Gasteiger partial charge in [0, 0.05) is 21.4 Å². The Morgan fingerprint density at radius 1 is 1.05 bits per heavy atom. The highest BCUT2D eigenvalue weighted by atomic mass is 79.9. The molecule has 19 heavy (non-hydrogen) atoms. The van der Waals surface area contributed by atoms with Crippen LogP contribution in [-0.2, 0) is 6.42 Å². The molecule has 98 valence electrons. The van der Waals surface area contributed by atoms with Crippen molar-refractivity contribution in [3.05, 3.63) is 74.2 Å². The van der Waals surface area contributed by atoms with E-state index in [2.05, 4.69) is 44.0 Å². The third-order valence-corrected chi connectivity index (χ3v) is 4.17. The highest BCUT2D eigenvalue weighted by Crippen LogP contribution is 2.28. The molecule has 0 amide bonds. The van der Waals surface area contributed by atoms with Gasteiger partial charge in [0.25, 0.3) is 5.69 Å². The van der Waals surface area contributed by atoms with Gasteiger partial charge in [0.15, 0.2) is 0 Å². The summed E-state index contributed by atoms with van der Waals surface area (Å²) in [5.41, 5.74) is 2.37. The van der Waals surface area contributed by atoms with E-state index in [1.165, 1.54) is 17.7 Å². The van der Waals surface area contributed by atoms with Crippen molar-refractivity contribution >= 4 is 37.5 Å². The standard InChI is InChI=1S/C14H11Br2NO2/c15-12-5-3-11(4-6-12)14(16)9-10-1-7-13(8-2-10)17(18)19/h1-8,14H,9H2. The number of non-ortho nitro benzene ring substituents is 1. The van der Waals surface area contributed by atoms with Crippen molar-refractivity contribution in [1.29, 1.82) is 0 Å². The second kappa shape index (κ2) is 6.30. The first-order valence-electron chi connectivity index (χ1n) is 5.69. The van der Waals surface area contributed by atoms with Crippen LogP contribution in [0.3, 0.4) is 0 Å². The van der Waals surface area contributed by atoms with Crippen molar-refractivity contribution in [3.8, 4) is 0 Å². The maximum atomic E-state index is 10.6. The quantitative estimate of drug-likeness (QED) is 0.421. The van der Waals surface area contributed by atoms with Gasteiger partial charge in [0.1, 0.15) is 0 Å². The topological polar surface area (TPSA) is 43.1 Å². The summed E-state index contributed by atoms with van der Waals surface area (Å²) in [4.78, 5) is 10.4. The Hall–Kier alpha value is -1.20. The van der Waals surface area contributed by atoms with Gasteiger partial charge in [-0.25, -0.2) is 0 Å². The van der Waals surface area contributed by atoms with Gasteiger partial charge in [-0.05, 0) is 29.7 Å². The van der Waals surface area contributed by atoms with Crippen molar-refractivity contribution in [1.82, 2.24) is 0 Å². The average molecular weight is 385 g/mol. The van der Waals surface area contributed by atoms with Crippen LogP contribution < -0.4 is 0 Å². The minimum Gasteiger partial charge on any atom is -0.258 e. The molecule has 0 N–H and O–H groups in total. The fourth-order valence-corrected chi connectivity index (χ4v) is 2.69. The van der Waals surface area contributed by atoms with Gasteiger partial charge in [-0.2, -0.15) is 0 Å². The summed E-state index contributed by atoms with van der Waals surface area (Å²) in [5, 5.41) is 10.6. The van der Waals surface area contributed by atoms with Crippen LogP contribution in [0.2, 0.25) is 0 Å². The van der Waals surface area contributed by atoms with Crippen molar-refractivity contribution in [2.75, 3.05) is 0 Å². The van der Waals surface area contributed by atoms with Gasteiger partial charge in [0.2, 0.25) is 0 Å². The minimum atomic E-state index is -0.385. The Morgan fingerprint density at radius 2 is 1.63 bits per heavy atom. The number of alkyl halides is 1. The lowest BCUT2D eigenvalue weighted by Gasteiger charge is -2.10. The van der Waals surface area contributed by atoms with Crippen molar-refractivity contribution < 1.29 is 4.92 Å². The molecule has 2 aromatic rings. The normalized spacial score (nSPS) is 12.1. The van der Waals surface area contributed by atoms with E-state index in [9.17, 15) is 10.1 Å². The molecule has 0 aromatic heterocycles. The van der Waals surface area contributed by atoms with E-state index in [1.54, 1.807) is 12.1 Å². The molecule has 0 bridgehead atoms. The molecule has 0 spiro atoms. The minimum absolute atomic E-state index is 0.124. The molecule has 1 atom stereocenters. The summed E-state index contributed by atoms with van der Waals surface area (Å²) in [6.45, 7) is 0. The number of hydrogen-bond donors (Lipinski definition) is 0. The predicted octanol–water partition coefficient (Wildman–Crippen LogP) is 5.04. The summed E-state index contributed by atoms with van der Waals surface area (Å²) in [6.07, 6.45) is 0.791. The Morgan fingerprint density at radius 3 is 2.16 bits per heavy atom. The molecule has 0 radical (unpaired) electrons. The van der Waals surface area contributed by atoms with Crippen LogP contribution in [0.15, 0.2) is 53.0 Å². The summed E-state index contributed by atoms with van der Waals surface area (Å²) in [5.74, 6) is 0. The van der Waals surface area contributed by atoms with Gasteiger partial charge in [-0.15, -0.1) is 0 Å². The second-order valence-corrected chi connectivity index (χ2v) is 6.17. The Labute approximate surface area is 128 Å². The number of hydrogen-bond acceptors (Lipinski definition) is 2. The number of rotatable bonds is 4. The Kier molecular flexibility index (Phi) is 4.71. The van der Waals surface area contributed by atoms with E-state index >= 15 is 0 Å². The van der Waals surface area contributed by atoms with Crippen LogP contribution in [0.4, 0.5) is 5.69 Å². The first-order chi connectivity index (χ1) is 9.06. The summed E-state index contributed by atoms with van der Waals surface area (Å²) < 4.78 is 1.05. The summed E-state index contributed by atoms with van der Waals surface area (Å²) >= 11 is 7.05. The van der Waals surface area contributed by atoms with Crippen LogP contribution in [0.25, 0.3) is 0 Å². The van der Waals surface area contributed by atoms with Crippen LogP contribution in [-0.4, -0.2) is 4.92 Å². The number of nitro groups is 1. The maximum Gasteiger partial charge on any atom is 0.269 e. The van der Waals surface area contributed by atoms with Gasteiger partial charge in [-0.1, -0.05) is 56.1 Å². The molecule has 2 aromatic carbocycles. The highest BCUT2D eigenvalue weighted by molar-refractivity contribution is 9.10. The van der Waals surface area contributed by atoms with Crippen LogP contribution >= 0.6 is 31.9 Å². The van der Waals surface area contributed by atoms with Crippen molar-refractivity contribution in [2.45, 2.75) is 11.2 Å². The lowest BCUT2D eigenvalue weighted by atomic mass is 10.0. The molecule has 2 rings (SSSR count). The second-order valence-electron chi connectivity index (χ2n) is 4.15. The van der Waals surface area contributed by atoms with Gasteiger partial charge in [-0.3, -0.25) is 10.1 Å². The number of nitro benzene ring substituents is 1. The zero-order valence-electron chi connectivity index (χ0n) is 9.92. The van der Waals surface area contributed by atoms with Crippen molar-refractivity contribution in [2.24, 2.45) is 0 Å². The predicted molar refractivity (Wildman–Crippen MR) is 82.6 cm³/mol. The zero-order chi connectivity index (χ0) is 13.8. The number of nitrogens with zero attached hydrogens (tertiary/aromatic N) is 1. The fraction of sp³-hybridized carbons (Fsp3) is 0.143. The van der Waals surface area contributed by atoms with E-state index in [4.69, 9.17) is 0 Å². The van der Waals surface area contributed by atoms with Crippen molar-refractivity contribution in [3.63, 3.8) is 0 Å². The van der Waals surface area contributed by atoms with E-state index in [-0.39, 0.29) is 15.4 Å². The Bertz CT molecular complexity index is 567. The number of halogens is 2. The molecule has 0 aliphatic heterocycles. The van der Waals surface area contributed by atoms with Gasteiger partial charge < -0.3 is 0 Å². The maximum absolute atomic E-state index is 10.6. The summed E-state index contributed by atoms with van der Waals surface area (Å²) in [6, 6.07) is 14.8. The van der Waals surface area contributed by atoms with Crippen LogP contribution in [0.5, 0.6) is 0 Å². The molecule has 0 fully saturated rings. The number of benzene rings is 2. The molecule has 5 heteroatoms. The first-order valence-corrected chi connectivity index (χ1v) is 7.40. The van der Waals surface area contributed by atoms with Gasteiger partial charge >= 0.3 is 0 Å². The average Bonchev–Trinajstić information content (AvgIpc) is 2.40. The molecule has 1 unspecified atom stereocenters. The molecule has 0 aliphatic rings. The zero-order valence-corrected chi connectivity index (χ0v) is 13.1. The lowest BCUT2D eigenvalue weighted by molar-refractivity contribution is -0.384. The third-order valence-electron chi connectivity index (χ3n) is 2.79. The SMILES string of the molecule is O=[N+]([O-])c1ccc(CC(Br)c2ccc(Br)cc2)cc1. The third kappa shape index (κ3) is 3.88. The van der Waals surface area contributed by atoms with E-state index in [1.807, 2.05) is 12.1 Å². The molecule has 0 saturated heterocycles. The van der Waals surface area contributed by atoms with Crippen LogP contribution in [0, 0.1) is 10.1 Å². The highest BCUT2D eigenvalue weighted by Gasteiger charge is 2.10. The monoisotopic (exact) mass is 383 g/mol. The fourth-order valence-electron chi connectivity index (χ4n) is 1.75. The van der Waals surface area contributed by atoms with Gasteiger partial charge in [0.05, 0.1) is 4.92 Å². The smallest absolute Gasteiger partial charge is 0.258 e. The molecular formula is C14H11Br2NO2. The molecule has 0 aliphatic carbocycles. The molecular weight excluding hydrogens is 374 g/mol. The van der Waals surface area contributed by atoms with E-state index in [0.29, 0.717) is 0 Å². The largest absolute Gasteiger partial charge is 0.269 e. The van der Waals surface area contributed by atoms with Crippen LogP contribution in [0.1, 0.15) is 16.0 Å². The lowest BCUT2D eigenvalue weighted by Crippen LogP contribution is -1.96. The first kappa shape index (κ1) is 14.2. The van der Waals surface area contributed by atoms with E-state index < -0.39 is 0 Å². The summed E-state index contributed by atoms with van der Waals surface area (Å²) in [7, 11) is 0. The van der Waals surface area contributed by atoms with E-state index in [0.717, 1.165) is 16.5 Å².